The van der Waals surface area contributed by atoms with Crippen LogP contribution in [0.3, 0.4) is 0 Å². The summed E-state index contributed by atoms with van der Waals surface area (Å²) in [4.78, 5) is 4.95. The van der Waals surface area contributed by atoms with Crippen LogP contribution in [0.15, 0.2) is 12.4 Å². The molecule has 20 heavy (non-hydrogen) atoms. The summed E-state index contributed by atoms with van der Waals surface area (Å²) in [6, 6.07) is 0.850. The minimum atomic E-state index is 0.353. The molecule has 1 N–H and O–H groups in total. The van der Waals surface area contributed by atoms with Gasteiger partial charge in [0, 0.05) is 30.9 Å². The van der Waals surface area contributed by atoms with Crippen LogP contribution in [0.1, 0.15) is 31.9 Å². The number of likely N-dealkylation sites (N-methyl/N-ethyl adjacent to an activating group) is 3. The van der Waals surface area contributed by atoms with Gasteiger partial charge in [0.2, 0.25) is 0 Å². The van der Waals surface area contributed by atoms with E-state index in [0.29, 0.717) is 12.1 Å². The summed E-state index contributed by atoms with van der Waals surface area (Å²) >= 11 is 0. The van der Waals surface area contributed by atoms with Crippen molar-refractivity contribution in [3.05, 3.63) is 18.0 Å². The van der Waals surface area contributed by atoms with Crippen LogP contribution >= 0.6 is 0 Å². The molecular weight excluding hydrogens is 250 g/mol. The summed E-state index contributed by atoms with van der Waals surface area (Å²) in [6.45, 7) is 9.68. The molecule has 1 aromatic rings. The largest absolute Gasteiger partial charge is 0.309 e. The van der Waals surface area contributed by atoms with Crippen LogP contribution in [-0.2, 0) is 6.54 Å². The van der Waals surface area contributed by atoms with E-state index in [1.165, 1.54) is 25.1 Å². The highest BCUT2D eigenvalue weighted by Crippen LogP contribution is 2.23. The number of hydrogen-bond donors (Lipinski definition) is 1. The van der Waals surface area contributed by atoms with Crippen LogP contribution in [0.5, 0.6) is 0 Å². The molecular formula is C15H29N5. The highest BCUT2D eigenvalue weighted by Gasteiger charge is 2.29. The van der Waals surface area contributed by atoms with Gasteiger partial charge in [0.05, 0.1) is 12.2 Å². The number of rotatable bonds is 5. The molecule has 5 heteroatoms. The molecule has 2 rings (SSSR count). The van der Waals surface area contributed by atoms with E-state index in [0.717, 1.165) is 19.6 Å². The van der Waals surface area contributed by atoms with E-state index in [9.17, 15) is 0 Å². The van der Waals surface area contributed by atoms with Gasteiger partial charge in [-0.2, -0.15) is 5.10 Å². The summed E-state index contributed by atoms with van der Waals surface area (Å²) in [5.41, 5.74) is 1.31. The third kappa shape index (κ3) is 3.59. The van der Waals surface area contributed by atoms with Crippen molar-refractivity contribution in [3.63, 3.8) is 0 Å². The van der Waals surface area contributed by atoms with Crippen molar-refractivity contribution in [2.45, 2.75) is 38.9 Å². The highest BCUT2D eigenvalue weighted by atomic mass is 15.3. The minimum absolute atomic E-state index is 0.353. The zero-order valence-corrected chi connectivity index (χ0v) is 13.3. The Balaban J connectivity index is 2.21. The lowest BCUT2D eigenvalue weighted by molar-refractivity contribution is 0.179. The fraction of sp³-hybridized carbons (Fsp3) is 0.800. The van der Waals surface area contributed by atoms with Crippen LogP contribution in [0.25, 0.3) is 0 Å². The van der Waals surface area contributed by atoms with E-state index in [2.05, 4.69) is 54.4 Å². The monoisotopic (exact) mass is 279 g/mol. The number of aryl methyl sites for hydroxylation is 1. The first-order valence-corrected chi connectivity index (χ1v) is 7.80. The molecule has 1 fully saturated rings. The Hall–Kier alpha value is -0.910. The average Bonchev–Trinajstić information content (AvgIpc) is 2.84. The third-order valence-electron chi connectivity index (χ3n) is 4.26. The molecule has 1 aromatic heterocycles. The van der Waals surface area contributed by atoms with Gasteiger partial charge in [-0.3, -0.25) is 4.68 Å². The first kappa shape index (κ1) is 15.5. The number of hydrogen-bond acceptors (Lipinski definition) is 4. The van der Waals surface area contributed by atoms with Crippen LogP contribution in [0.2, 0.25) is 0 Å². The number of nitrogens with zero attached hydrogens (tertiary/aromatic N) is 4. The number of nitrogens with one attached hydrogen (secondary N) is 1. The average molecular weight is 279 g/mol. The molecule has 0 saturated carbocycles. The second-order valence-electron chi connectivity index (χ2n) is 5.83. The molecule has 1 saturated heterocycles. The molecule has 2 atom stereocenters. The SMILES string of the molecule is CCNC(c1cnn(CC)c1)C1CN(C)CCCN1C. The normalized spacial score (nSPS) is 23.7. The standard InChI is InChI=1S/C15H29N5/c1-5-16-15(13-10-17-20(6-2)11-13)14-12-18(3)8-7-9-19(14)4/h10-11,14-16H,5-9,12H2,1-4H3. The van der Waals surface area contributed by atoms with Crippen molar-refractivity contribution >= 4 is 0 Å². The van der Waals surface area contributed by atoms with E-state index in [-0.39, 0.29) is 0 Å². The molecule has 0 amide bonds. The fourth-order valence-electron chi connectivity index (χ4n) is 3.07. The zero-order valence-electron chi connectivity index (χ0n) is 13.3. The second kappa shape index (κ2) is 7.20. The van der Waals surface area contributed by atoms with Gasteiger partial charge in [0.25, 0.3) is 0 Å². The molecule has 114 valence electrons. The van der Waals surface area contributed by atoms with Crippen molar-refractivity contribution in [3.8, 4) is 0 Å². The first-order chi connectivity index (χ1) is 9.65. The summed E-state index contributed by atoms with van der Waals surface area (Å²) in [5, 5.41) is 8.11. The van der Waals surface area contributed by atoms with Gasteiger partial charge < -0.3 is 15.1 Å². The molecule has 0 aliphatic carbocycles. The van der Waals surface area contributed by atoms with Crippen molar-refractivity contribution < 1.29 is 0 Å². The topological polar surface area (TPSA) is 36.3 Å². The quantitative estimate of drug-likeness (QED) is 0.878. The second-order valence-corrected chi connectivity index (χ2v) is 5.83. The fourth-order valence-corrected chi connectivity index (χ4v) is 3.07. The smallest absolute Gasteiger partial charge is 0.0538 e. The van der Waals surface area contributed by atoms with Gasteiger partial charge in [-0.05, 0) is 47.1 Å². The lowest BCUT2D eigenvalue weighted by Crippen LogP contribution is -2.47. The molecule has 2 unspecified atom stereocenters. The molecule has 0 aromatic carbocycles. The molecule has 2 heterocycles. The molecule has 1 aliphatic rings. The Morgan fingerprint density at radius 1 is 1.35 bits per heavy atom. The van der Waals surface area contributed by atoms with Gasteiger partial charge in [-0.1, -0.05) is 6.92 Å². The summed E-state index contributed by atoms with van der Waals surface area (Å²) < 4.78 is 2.01. The summed E-state index contributed by atoms with van der Waals surface area (Å²) in [6.07, 6.45) is 5.46. The molecule has 5 nitrogen and oxygen atoms in total. The predicted octanol–water partition coefficient (Wildman–Crippen LogP) is 1.19. The van der Waals surface area contributed by atoms with Gasteiger partial charge >= 0.3 is 0 Å². The van der Waals surface area contributed by atoms with E-state index in [1.807, 2.05) is 10.9 Å². The van der Waals surface area contributed by atoms with Crippen LogP contribution in [0.4, 0.5) is 0 Å². The molecule has 1 aliphatic heterocycles. The van der Waals surface area contributed by atoms with Crippen LogP contribution < -0.4 is 5.32 Å². The van der Waals surface area contributed by atoms with Crippen molar-refractivity contribution in [1.29, 1.82) is 0 Å². The van der Waals surface area contributed by atoms with E-state index in [1.54, 1.807) is 0 Å². The highest BCUT2D eigenvalue weighted by molar-refractivity contribution is 5.14. The van der Waals surface area contributed by atoms with E-state index in [4.69, 9.17) is 0 Å². The lowest BCUT2D eigenvalue weighted by Gasteiger charge is -2.34. The first-order valence-electron chi connectivity index (χ1n) is 7.80. The van der Waals surface area contributed by atoms with Gasteiger partial charge in [-0.15, -0.1) is 0 Å². The maximum absolute atomic E-state index is 4.44. The third-order valence-corrected chi connectivity index (χ3v) is 4.26. The Labute approximate surface area is 122 Å². The summed E-state index contributed by atoms with van der Waals surface area (Å²) in [5.74, 6) is 0. The van der Waals surface area contributed by atoms with Crippen LogP contribution in [-0.4, -0.2) is 65.9 Å². The Kier molecular flexibility index (Phi) is 5.57. The maximum atomic E-state index is 4.44. The minimum Gasteiger partial charge on any atom is -0.309 e. The number of aromatic nitrogens is 2. The molecule has 0 radical (unpaired) electrons. The lowest BCUT2D eigenvalue weighted by atomic mass is 10.0. The zero-order chi connectivity index (χ0) is 14.5. The van der Waals surface area contributed by atoms with Crippen LogP contribution in [0, 0.1) is 0 Å². The van der Waals surface area contributed by atoms with Gasteiger partial charge in [0.15, 0.2) is 0 Å². The van der Waals surface area contributed by atoms with Gasteiger partial charge in [0.1, 0.15) is 0 Å². The molecule has 0 bridgehead atoms. The predicted molar refractivity (Wildman–Crippen MR) is 82.9 cm³/mol. The van der Waals surface area contributed by atoms with Gasteiger partial charge in [-0.25, -0.2) is 0 Å². The Bertz CT molecular complexity index is 403. The summed E-state index contributed by atoms with van der Waals surface area (Å²) in [7, 11) is 4.48. The molecule has 0 spiro atoms. The maximum Gasteiger partial charge on any atom is 0.0538 e. The van der Waals surface area contributed by atoms with E-state index < -0.39 is 0 Å². The van der Waals surface area contributed by atoms with Crippen molar-refractivity contribution in [2.75, 3.05) is 40.3 Å². The Morgan fingerprint density at radius 3 is 2.80 bits per heavy atom. The van der Waals surface area contributed by atoms with E-state index >= 15 is 0 Å². The van der Waals surface area contributed by atoms with Crippen molar-refractivity contribution in [2.24, 2.45) is 0 Å². The van der Waals surface area contributed by atoms with Crippen molar-refractivity contribution in [1.82, 2.24) is 24.9 Å². The Morgan fingerprint density at radius 2 is 2.15 bits per heavy atom.